The van der Waals surface area contributed by atoms with Crippen LogP contribution in [0.3, 0.4) is 0 Å². The van der Waals surface area contributed by atoms with Gasteiger partial charge < -0.3 is 14.6 Å². The number of esters is 2. The highest BCUT2D eigenvalue weighted by molar-refractivity contribution is 5.70. The van der Waals surface area contributed by atoms with Crippen molar-refractivity contribution in [2.45, 2.75) is 431 Å². The Morgan fingerprint density at radius 1 is 0.273 bits per heavy atom. The van der Waals surface area contributed by atoms with Crippen molar-refractivity contribution >= 4 is 11.9 Å². The van der Waals surface area contributed by atoms with Crippen molar-refractivity contribution in [1.82, 2.24) is 0 Å². The molecule has 514 valence electrons. The molecular formula is C83H152O5. The molecule has 1 N–H and O–H groups in total. The maximum absolute atomic E-state index is 12.4. The number of carbonyl (C=O) groups excluding carboxylic acids is 2. The van der Waals surface area contributed by atoms with Crippen LogP contribution in [0.15, 0.2) is 72.9 Å². The SMILES string of the molecule is CC/C=C\C/C=C\C/C=C\C/C=C\C/C=C\CCCCCCCCCCCCCCCCCCCCCCCCCC(=O)OC(CO)COC(=O)CCCCCCCCCCCCCCCCCCCCCCCCC/C=C\CCCCCCCCCC. The molecule has 0 saturated heterocycles. The van der Waals surface area contributed by atoms with Crippen LogP contribution in [0.25, 0.3) is 0 Å². The third-order valence-corrected chi connectivity index (χ3v) is 18.0. The van der Waals surface area contributed by atoms with Crippen molar-refractivity contribution in [2.24, 2.45) is 0 Å². The van der Waals surface area contributed by atoms with Crippen LogP contribution in [-0.4, -0.2) is 36.4 Å². The Morgan fingerprint density at radius 2 is 0.489 bits per heavy atom. The van der Waals surface area contributed by atoms with E-state index in [2.05, 4.69) is 86.8 Å². The number of ether oxygens (including phenoxy) is 2. The highest BCUT2D eigenvalue weighted by Crippen LogP contribution is 2.20. The van der Waals surface area contributed by atoms with Crippen molar-refractivity contribution in [3.63, 3.8) is 0 Å². The fourth-order valence-electron chi connectivity index (χ4n) is 12.1. The zero-order valence-corrected chi connectivity index (χ0v) is 59.3. The predicted octanol–water partition coefficient (Wildman–Crippen LogP) is 27.8. The third-order valence-electron chi connectivity index (χ3n) is 18.0. The molecule has 0 aromatic heterocycles. The van der Waals surface area contributed by atoms with Crippen LogP contribution in [0.5, 0.6) is 0 Å². The molecule has 0 aliphatic carbocycles. The molecule has 0 rings (SSSR count). The Balaban J connectivity index is 3.38. The van der Waals surface area contributed by atoms with Crippen molar-refractivity contribution in [3.05, 3.63) is 72.9 Å². The monoisotopic (exact) mass is 1230 g/mol. The molecular weight excluding hydrogens is 1080 g/mol. The largest absolute Gasteiger partial charge is 0.462 e. The summed E-state index contributed by atoms with van der Waals surface area (Å²) >= 11 is 0. The molecule has 5 nitrogen and oxygen atoms in total. The van der Waals surface area contributed by atoms with E-state index in [9.17, 15) is 14.7 Å². The van der Waals surface area contributed by atoms with Gasteiger partial charge in [-0.25, -0.2) is 0 Å². The zero-order chi connectivity index (χ0) is 63.3. The summed E-state index contributed by atoms with van der Waals surface area (Å²) in [6.45, 7) is 4.09. The second kappa shape index (κ2) is 78.6. The lowest BCUT2D eigenvalue weighted by molar-refractivity contribution is -0.161. The standard InChI is InChI=1S/C83H152O5/c1-3-5-7-9-11-13-15-17-19-21-23-25-27-29-31-33-35-37-39-40-41-42-44-46-48-50-52-54-56-58-60-62-64-66-68-70-72-74-76-78-83(86)88-81(79-84)80-87-82(85)77-75-73-71-69-67-65-63-61-59-57-55-53-51-49-47-45-43-38-36-34-32-30-28-26-24-22-20-18-16-14-12-10-8-6-4-2/h5,7,11,13,17,19,22-25,29,31,81,84H,3-4,6,8-10,12,14-16,18,20-21,26-28,30,32-80H2,1-2H3/b7-5-,13-11-,19-17-,24-22-,25-23-,31-29-. The van der Waals surface area contributed by atoms with Gasteiger partial charge in [-0.15, -0.1) is 0 Å². The van der Waals surface area contributed by atoms with E-state index in [4.69, 9.17) is 9.47 Å². The molecule has 5 heteroatoms. The van der Waals surface area contributed by atoms with Gasteiger partial charge in [0.1, 0.15) is 6.61 Å². The van der Waals surface area contributed by atoms with E-state index in [-0.39, 0.29) is 25.2 Å². The average molecular weight is 1230 g/mol. The third kappa shape index (κ3) is 75.8. The first kappa shape index (κ1) is 85.3. The average Bonchev–Trinajstić information content (AvgIpc) is 3.54. The van der Waals surface area contributed by atoms with Gasteiger partial charge in [-0.1, -0.05) is 401 Å². The lowest BCUT2D eigenvalue weighted by Crippen LogP contribution is -2.28. The van der Waals surface area contributed by atoms with Crippen molar-refractivity contribution in [1.29, 1.82) is 0 Å². The fourth-order valence-corrected chi connectivity index (χ4v) is 12.1. The smallest absolute Gasteiger partial charge is 0.306 e. The van der Waals surface area contributed by atoms with Crippen LogP contribution < -0.4 is 0 Å². The summed E-state index contributed by atoms with van der Waals surface area (Å²) in [6, 6.07) is 0. The summed E-state index contributed by atoms with van der Waals surface area (Å²) in [5, 5.41) is 9.73. The van der Waals surface area contributed by atoms with Gasteiger partial charge >= 0.3 is 11.9 Å². The van der Waals surface area contributed by atoms with Crippen LogP contribution in [0, 0.1) is 0 Å². The van der Waals surface area contributed by atoms with E-state index in [1.54, 1.807) is 0 Å². The van der Waals surface area contributed by atoms with E-state index in [1.165, 1.54) is 334 Å². The number of hydrogen-bond donors (Lipinski definition) is 1. The van der Waals surface area contributed by atoms with E-state index in [0.717, 1.165) is 64.2 Å². The minimum atomic E-state index is -0.772. The molecule has 0 aliphatic heterocycles. The molecule has 0 bridgehead atoms. The first-order chi connectivity index (χ1) is 43.6. The minimum Gasteiger partial charge on any atom is -0.462 e. The van der Waals surface area contributed by atoms with Gasteiger partial charge in [0, 0.05) is 12.8 Å². The molecule has 0 heterocycles. The van der Waals surface area contributed by atoms with Crippen LogP contribution >= 0.6 is 0 Å². The first-order valence-corrected chi connectivity index (χ1v) is 39.5. The van der Waals surface area contributed by atoms with Crippen molar-refractivity contribution in [3.8, 4) is 0 Å². The molecule has 0 aromatic carbocycles. The van der Waals surface area contributed by atoms with Gasteiger partial charge in [0.2, 0.25) is 0 Å². The van der Waals surface area contributed by atoms with Gasteiger partial charge in [0.05, 0.1) is 6.61 Å². The maximum atomic E-state index is 12.4. The quantitative estimate of drug-likeness (QED) is 0.0373. The molecule has 0 aromatic rings. The number of unbranched alkanes of at least 4 members (excludes halogenated alkanes) is 54. The molecule has 0 radical (unpaired) electrons. The molecule has 88 heavy (non-hydrogen) atoms. The van der Waals surface area contributed by atoms with Gasteiger partial charge in [0.15, 0.2) is 6.10 Å². The topological polar surface area (TPSA) is 72.8 Å². The highest BCUT2D eigenvalue weighted by atomic mass is 16.6. The Hall–Kier alpha value is -2.66. The summed E-state index contributed by atoms with van der Waals surface area (Å²) < 4.78 is 10.8. The summed E-state index contributed by atoms with van der Waals surface area (Å²) in [7, 11) is 0. The maximum Gasteiger partial charge on any atom is 0.306 e. The molecule has 1 atom stereocenters. The van der Waals surface area contributed by atoms with Gasteiger partial charge in [0.25, 0.3) is 0 Å². The summed E-state index contributed by atoms with van der Waals surface area (Å²) in [4.78, 5) is 24.7. The van der Waals surface area contributed by atoms with E-state index >= 15 is 0 Å². The van der Waals surface area contributed by atoms with Gasteiger partial charge in [-0.3, -0.25) is 9.59 Å². The number of aliphatic hydroxyl groups is 1. The highest BCUT2D eigenvalue weighted by Gasteiger charge is 2.16. The molecule has 0 spiro atoms. The van der Waals surface area contributed by atoms with Crippen molar-refractivity contribution < 1.29 is 24.2 Å². The molecule has 0 aliphatic rings. The molecule has 0 fully saturated rings. The lowest BCUT2D eigenvalue weighted by Gasteiger charge is -2.15. The number of carbonyl (C=O) groups is 2. The minimum absolute atomic E-state index is 0.0601. The van der Waals surface area contributed by atoms with Crippen LogP contribution in [0.1, 0.15) is 425 Å². The van der Waals surface area contributed by atoms with Gasteiger partial charge in [-0.05, 0) is 83.5 Å². The Labute approximate surface area is 550 Å². The lowest BCUT2D eigenvalue weighted by atomic mass is 10.0. The summed E-state index contributed by atoms with van der Waals surface area (Å²) in [5.74, 6) is -0.565. The van der Waals surface area contributed by atoms with E-state index in [0.29, 0.717) is 12.8 Å². The predicted molar refractivity (Wildman–Crippen MR) is 390 cm³/mol. The summed E-state index contributed by atoms with van der Waals surface area (Å²) in [5.41, 5.74) is 0. The summed E-state index contributed by atoms with van der Waals surface area (Å²) in [6.07, 6.45) is 110. The van der Waals surface area contributed by atoms with E-state index in [1.807, 2.05) is 0 Å². The van der Waals surface area contributed by atoms with Crippen LogP contribution in [-0.2, 0) is 19.1 Å². The zero-order valence-electron chi connectivity index (χ0n) is 59.3. The second-order valence-electron chi connectivity index (χ2n) is 26.8. The molecule has 0 amide bonds. The number of hydrogen-bond acceptors (Lipinski definition) is 5. The number of allylic oxidation sites excluding steroid dienone is 12. The Bertz CT molecular complexity index is 1540. The fraction of sp³-hybridized carbons (Fsp3) is 0.831. The van der Waals surface area contributed by atoms with Crippen molar-refractivity contribution in [2.75, 3.05) is 13.2 Å². The molecule has 0 saturated carbocycles. The van der Waals surface area contributed by atoms with Crippen LogP contribution in [0.4, 0.5) is 0 Å². The second-order valence-corrected chi connectivity index (χ2v) is 26.8. The molecule has 1 unspecified atom stereocenters. The Morgan fingerprint density at radius 3 is 0.750 bits per heavy atom. The normalized spacial score (nSPS) is 12.5. The Kier molecular flexibility index (Phi) is 76.2. The number of rotatable bonds is 74. The van der Waals surface area contributed by atoms with Crippen LogP contribution in [0.2, 0.25) is 0 Å². The first-order valence-electron chi connectivity index (χ1n) is 39.5. The van der Waals surface area contributed by atoms with Gasteiger partial charge in [-0.2, -0.15) is 0 Å². The number of aliphatic hydroxyl groups excluding tert-OH is 1. The van der Waals surface area contributed by atoms with E-state index < -0.39 is 6.10 Å².